The number of carbonyl (C=O) groups is 4. The molecule has 0 radical (unpaired) electrons. The summed E-state index contributed by atoms with van der Waals surface area (Å²) in [6.45, 7) is 4.67. The quantitative estimate of drug-likeness (QED) is 0.459. The van der Waals surface area contributed by atoms with E-state index in [1.54, 1.807) is 0 Å². The van der Waals surface area contributed by atoms with Crippen molar-refractivity contribution in [1.29, 1.82) is 0 Å². The van der Waals surface area contributed by atoms with Gasteiger partial charge < -0.3 is 24.4 Å². The number of carboxylic acids is 1. The average molecular weight is 306 g/mol. The lowest BCUT2D eigenvalue weighted by Gasteiger charge is -2.18. The average Bonchev–Trinajstić information content (AvgIpc) is 2.37. The van der Waals surface area contributed by atoms with Crippen LogP contribution in [0.3, 0.4) is 0 Å². The summed E-state index contributed by atoms with van der Waals surface area (Å²) in [7, 11) is 0. The molecule has 0 unspecified atom stereocenters. The molecule has 0 aromatic heterocycles. The number of hydrogen-bond donors (Lipinski definition) is 2. The molecule has 0 rings (SSSR count). The number of aliphatic hydroxyl groups is 1. The van der Waals surface area contributed by atoms with Crippen molar-refractivity contribution in [1.82, 2.24) is 0 Å². The highest BCUT2D eigenvalue weighted by Crippen LogP contribution is 2.04. The molecule has 0 aliphatic rings. The topological polar surface area (TPSA) is 136 Å². The van der Waals surface area contributed by atoms with E-state index in [4.69, 9.17) is 10.2 Å². The van der Waals surface area contributed by atoms with Crippen molar-refractivity contribution in [3.8, 4) is 0 Å². The number of hydrogen-bond acceptors (Lipinski definition) is 8. The minimum absolute atomic E-state index is 1.02. The van der Waals surface area contributed by atoms with E-state index in [2.05, 4.69) is 14.2 Å². The van der Waals surface area contributed by atoms with E-state index in [1.807, 2.05) is 0 Å². The first kappa shape index (κ1) is 18.8. The molecule has 0 amide bonds. The van der Waals surface area contributed by atoms with Crippen LogP contribution >= 0.6 is 0 Å². The smallest absolute Gasteiger partial charge is 0.347 e. The van der Waals surface area contributed by atoms with Crippen molar-refractivity contribution < 1.29 is 43.6 Å². The Morgan fingerprint density at radius 2 is 1.05 bits per heavy atom. The lowest BCUT2D eigenvalue weighted by Crippen LogP contribution is -2.36. The molecule has 0 aromatic rings. The number of aliphatic carboxylic acids is 1. The van der Waals surface area contributed by atoms with Crippen molar-refractivity contribution in [2.45, 2.75) is 52.1 Å². The van der Waals surface area contributed by atoms with Gasteiger partial charge >= 0.3 is 23.9 Å². The van der Waals surface area contributed by atoms with Gasteiger partial charge in [-0.15, -0.1) is 0 Å². The van der Waals surface area contributed by atoms with E-state index in [1.165, 1.54) is 13.8 Å². The first-order valence-corrected chi connectivity index (χ1v) is 6.08. The van der Waals surface area contributed by atoms with Crippen LogP contribution in [0.1, 0.15) is 27.7 Å². The summed E-state index contributed by atoms with van der Waals surface area (Å²) < 4.78 is 13.7. The molecule has 0 aliphatic carbocycles. The number of ether oxygens (including phenoxy) is 3. The van der Waals surface area contributed by atoms with Gasteiger partial charge in [-0.2, -0.15) is 0 Å². The third kappa shape index (κ3) is 6.70. The van der Waals surface area contributed by atoms with Gasteiger partial charge in [0.05, 0.1) is 0 Å². The van der Waals surface area contributed by atoms with Crippen molar-refractivity contribution in [3.63, 3.8) is 0 Å². The molecule has 21 heavy (non-hydrogen) atoms. The summed E-state index contributed by atoms with van der Waals surface area (Å²) in [5, 5.41) is 17.5. The number of carboxylic acid groups (broad SMARTS) is 1. The fourth-order valence-corrected chi connectivity index (χ4v) is 0.959. The summed E-state index contributed by atoms with van der Waals surface area (Å²) >= 11 is 0. The van der Waals surface area contributed by atoms with Crippen LogP contribution in [0.15, 0.2) is 0 Å². The molecule has 0 bridgehead atoms. The highest BCUT2D eigenvalue weighted by molar-refractivity contribution is 5.84. The van der Waals surface area contributed by atoms with Crippen LogP contribution in [0.5, 0.6) is 0 Å². The summed E-state index contributed by atoms with van der Waals surface area (Å²) in [4.78, 5) is 44.5. The Bertz CT molecular complexity index is 415. The SMILES string of the molecule is C[C@@H](O)C(=O)O[C@H](C)C(=O)O[C@H](C)C(=O)O[C@H](C)C(=O)O. The van der Waals surface area contributed by atoms with Crippen molar-refractivity contribution in [3.05, 3.63) is 0 Å². The molecule has 0 fully saturated rings. The number of carbonyl (C=O) groups excluding carboxylic acids is 3. The summed E-state index contributed by atoms with van der Waals surface area (Å²) in [6, 6.07) is 0. The zero-order valence-corrected chi connectivity index (χ0v) is 12.1. The van der Waals surface area contributed by atoms with Crippen LogP contribution in [-0.4, -0.2) is 58.5 Å². The van der Waals surface area contributed by atoms with Gasteiger partial charge in [0.15, 0.2) is 18.3 Å². The Balaban J connectivity index is 4.40. The zero-order chi connectivity index (χ0) is 16.7. The Labute approximate surface area is 120 Å². The van der Waals surface area contributed by atoms with Gasteiger partial charge in [-0.1, -0.05) is 0 Å². The normalized spacial score (nSPS) is 16.0. The third-order valence-electron chi connectivity index (χ3n) is 2.23. The van der Waals surface area contributed by atoms with E-state index in [9.17, 15) is 19.2 Å². The lowest BCUT2D eigenvalue weighted by atomic mass is 10.3. The van der Waals surface area contributed by atoms with Gasteiger partial charge in [-0.3, -0.25) is 0 Å². The van der Waals surface area contributed by atoms with Crippen LogP contribution < -0.4 is 0 Å². The second kappa shape index (κ2) is 8.20. The van der Waals surface area contributed by atoms with Gasteiger partial charge in [0.1, 0.15) is 6.10 Å². The van der Waals surface area contributed by atoms with Gasteiger partial charge in [-0.25, -0.2) is 19.2 Å². The Hall–Kier alpha value is -2.16. The number of aliphatic hydroxyl groups excluding tert-OH is 1. The molecule has 9 heteroatoms. The van der Waals surface area contributed by atoms with Crippen molar-refractivity contribution in [2.75, 3.05) is 0 Å². The molecule has 0 saturated carbocycles. The van der Waals surface area contributed by atoms with E-state index in [-0.39, 0.29) is 0 Å². The molecule has 4 atom stereocenters. The van der Waals surface area contributed by atoms with Crippen LogP contribution in [0.25, 0.3) is 0 Å². The molecular weight excluding hydrogens is 288 g/mol. The maximum absolute atomic E-state index is 11.5. The first-order valence-electron chi connectivity index (χ1n) is 6.08. The van der Waals surface area contributed by atoms with Gasteiger partial charge in [-0.05, 0) is 27.7 Å². The standard InChI is InChI=1S/C12H18O9/c1-5(13)10(16)20-7(3)12(18)21-8(4)11(17)19-6(2)9(14)15/h5-8,13H,1-4H3,(H,14,15)/t5-,6-,7-,8-/m1/s1. The highest BCUT2D eigenvalue weighted by atomic mass is 16.6. The molecule has 2 N–H and O–H groups in total. The largest absolute Gasteiger partial charge is 0.479 e. The zero-order valence-electron chi connectivity index (χ0n) is 12.1. The summed E-state index contributed by atoms with van der Waals surface area (Å²) in [5.41, 5.74) is 0. The maximum Gasteiger partial charge on any atom is 0.347 e. The Kier molecular flexibility index (Phi) is 7.36. The van der Waals surface area contributed by atoms with Gasteiger partial charge in [0.25, 0.3) is 0 Å². The van der Waals surface area contributed by atoms with Crippen LogP contribution in [0, 0.1) is 0 Å². The number of rotatable bonds is 7. The molecule has 9 nitrogen and oxygen atoms in total. The van der Waals surface area contributed by atoms with E-state index in [0.29, 0.717) is 0 Å². The maximum atomic E-state index is 11.5. The lowest BCUT2D eigenvalue weighted by molar-refractivity contribution is -0.182. The van der Waals surface area contributed by atoms with Crippen LogP contribution in [-0.2, 0) is 33.4 Å². The monoisotopic (exact) mass is 306 g/mol. The molecule has 0 aromatic carbocycles. The predicted octanol–water partition coefficient (Wildman–Crippen LogP) is -0.753. The molecule has 0 heterocycles. The fourth-order valence-electron chi connectivity index (χ4n) is 0.959. The van der Waals surface area contributed by atoms with E-state index in [0.717, 1.165) is 13.8 Å². The first-order chi connectivity index (χ1) is 9.56. The summed E-state index contributed by atoms with van der Waals surface area (Å²) in [6.07, 6.45) is -5.49. The molecule has 0 spiro atoms. The van der Waals surface area contributed by atoms with Crippen molar-refractivity contribution >= 4 is 23.9 Å². The van der Waals surface area contributed by atoms with E-state index < -0.39 is 48.3 Å². The van der Waals surface area contributed by atoms with Crippen LogP contribution in [0.2, 0.25) is 0 Å². The van der Waals surface area contributed by atoms with Gasteiger partial charge in [0, 0.05) is 0 Å². The number of esters is 3. The third-order valence-corrected chi connectivity index (χ3v) is 2.23. The molecular formula is C12H18O9. The Morgan fingerprint density at radius 3 is 1.38 bits per heavy atom. The minimum atomic E-state index is -1.40. The molecule has 0 saturated heterocycles. The minimum Gasteiger partial charge on any atom is -0.479 e. The second-order valence-corrected chi connectivity index (χ2v) is 4.25. The fraction of sp³-hybridized carbons (Fsp3) is 0.667. The van der Waals surface area contributed by atoms with Crippen molar-refractivity contribution in [2.24, 2.45) is 0 Å². The second-order valence-electron chi connectivity index (χ2n) is 4.25. The Morgan fingerprint density at radius 1 is 0.714 bits per heavy atom. The predicted molar refractivity (Wildman–Crippen MR) is 66.0 cm³/mol. The summed E-state index contributed by atoms with van der Waals surface area (Å²) in [5.74, 6) is -4.45. The van der Waals surface area contributed by atoms with E-state index >= 15 is 0 Å². The van der Waals surface area contributed by atoms with Crippen LogP contribution in [0.4, 0.5) is 0 Å². The van der Waals surface area contributed by atoms with Gasteiger partial charge in [0.2, 0.25) is 0 Å². The molecule has 120 valence electrons. The highest BCUT2D eigenvalue weighted by Gasteiger charge is 2.28. The molecule has 0 aliphatic heterocycles.